The number of amides is 2. The van der Waals surface area contributed by atoms with E-state index in [9.17, 15) is 9.59 Å². The third-order valence-electron chi connectivity index (χ3n) is 5.53. The lowest BCUT2D eigenvalue weighted by Crippen LogP contribution is -2.36. The van der Waals surface area contributed by atoms with Gasteiger partial charge in [-0.3, -0.25) is 9.59 Å². The van der Waals surface area contributed by atoms with Crippen LogP contribution in [-0.4, -0.2) is 29.3 Å². The van der Waals surface area contributed by atoms with Crippen molar-refractivity contribution in [3.05, 3.63) is 94.5 Å². The Kier molecular flexibility index (Phi) is 6.23. The van der Waals surface area contributed by atoms with Crippen molar-refractivity contribution in [2.24, 2.45) is 5.73 Å². The highest BCUT2D eigenvalue weighted by molar-refractivity contribution is 6.31. The normalized spacial score (nSPS) is 15.6. The quantitative estimate of drug-likeness (QED) is 0.588. The van der Waals surface area contributed by atoms with Crippen LogP contribution in [0.15, 0.2) is 72.8 Å². The van der Waals surface area contributed by atoms with Crippen LogP contribution in [0.4, 0.5) is 0 Å². The number of carbonyl (C=O) groups excluding carboxylic acids is 2. The van der Waals surface area contributed by atoms with Crippen molar-refractivity contribution in [3.8, 4) is 11.5 Å². The van der Waals surface area contributed by atoms with Gasteiger partial charge in [0.2, 0.25) is 5.91 Å². The van der Waals surface area contributed by atoms with Gasteiger partial charge in [-0.2, -0.15) is 0 Å². The molecule has 31 heavy (non-hydrogen) atoms. The van der Waals surface area contributed by atoms with E-state index < -0.39 is 5.91 Å². The number of hydrogen-bond acceptors (Lipinski definition) is 3. The fraction of sp³-hybridized carbons (Fsp3) is 0.200. The molecule has 2 N–H and O–H groups in total. The first-order valence-electron chi connectivity index (χ1n) is 10.2. The summed E-state index contributed by atoms with van der Waals surface area (Å²) in [6.07, 6.45) is 2.72. The van der Waals surface area contributed by atoms with Crippen molar-refractivity contribution in [2.75, 3.05) is 6.54 Å². The number of halogens is 1. The molecule has 0 radical (unpaired) electrons. The molecule has 158 valence electrons. The third kappa shape index (κ3) is 4.89. The molecule has 1 aliphatic heterocycles. The summed E-state index contributed by atoms with van der Waals surface area (Å²) in [5, 5.41) is 0.743. The molecular formula is C25H23ClN2O3. The Morgan fingerprint density at radius 2 is 1.55 bits per heavy atom. The Hall–Kier alpha value is -3.31. The second kappa shape index (κ2) is 9.23. The van der Waals surface area contributed by atoms with Gasteiger partial charge in [-0.25, -0.2) is 0 Å². The second-order valence-corrected chi connectivity index (χ2v) is 8.01. The minimum absolute atomic E-state index is 0.0203. The van der Waals surface area contributed by atoms with Crippen molar-refractivity contribution in [2.45, 2.75) is 25.3 Å². The summed E-state index contributed by atoms with van der Waals surface area (Å²) >= 11 is 6.31. The molecule has 3 aromatic carbocycles. The SMILES string of the molecule is NC(=O)c1ccc(Oc2ccc(C(=O)N3CCCC3Cc3ccccc3Cl)cc2)cc1. The first kappa shape index (κ1) is 20.9. The lowest BCUT2D eigenvalue weighted by Gasteiger charge is -2.25. The summed E-state index contributed by atoms with van der Waals surface area (Å²) in [5.41, 5.74) is 7.37. The minimum atomic E-state index is -0.482. The molecule has 0 aromatic heterocycles. The van der Waals surface area contributed by atoms with E-state index in [1.54, 1.807) is 48.5 Å². The molecule has 0 saturated carbocycles. The fourth-order valence-electron chi connectivity index (χ4n) is 3.89. The van der Waals surface area contributed by atoms with Crippen LogP contribution in [0.5, 0.6) is 11.5 Å². The summed E-state index contributed by atoms with van der Waals surface area (Å²) in [6.45, 7) is 0.748. The summed E-state index contributed by atoms with van der Waals surface area (Å²) in [7, 11) is 0. The molecule has 1 aliphatic rings. The van der Waals surface area contributed by atoms with E-state index in [1.165, 1.54) is 0 Å². The van der Waals surface area contributed by atoms with Gasteiger partial charge in [-0.05, 0) is 79.4 Å². The highest BCUT2D eigenvalue weighted by Crippen LogP contribution is 2.27. The monoisotopic (exact) mass is 434 g/mol. The van der Waals surface area contributed by atoms with E-state index >= 15 is 0 Å². The molecule has 5 nitrogen and oxygen atoms in total. The zero-order chi connectivity index (χ0) is 21.8. The van der Waals surface area contributed by atoms with E-state index in [4.69, 9.17) is 22.1 Å². The fourth-order valence-corrected chi connectivity index (χ4v) is 4.10. The van der Waals surface area contributed by atoms with Gasteiger partial charge in [-0.15, -0.1) is 0 Å². The van der Waals surface area contributed by atoms with Crippen molar-refractivity contribution < 1.29 is 14.3 Å². The topological polar surface area (TPSA) is 72.6 Å². The van der Waals surface area contributed by atoms with Crippen LogP contribution in [-0.2, 0) is 6.42 Å². The molecule has 2 amide bonds. The van der Waals surface area contributed by atoms with E-state index in [0.29, 0.717) is 22.6 Å². The maximum absolute atomic E-state index is 13.1. The van der Waals surface area contributed by atoms with Crippen molar-refractivity contribution in [1.82, 2.24) is 4.90 Å². The third-order valence-corrected chi connectivity index (χ3v) is 5.90. The Bertz CT molecular complexity index is 1080. The second-order valence-electron chi connectivity index (χ2n) is 7.61. The zero-order valence-corrected chi connectivity index (χ0v) is 17.7. The van der Waals surface area contributed by atoms with Crippen molar-refractivity contribution >= 4 is 23.4 Å². The molecule has 0 bridgehead atoms. The van der Waals surface area contributed by atoms with Crippen LogP contribution in [0.25, 0.3) is 0 Å². The number of likely N-dealkylation sites (tertiary alicyclic amines) is 1. The maximum atomic E-state index is 13.1. The first-order chi connectivity index (χ1) is 15.0. The molecule has 1 atom stereocenters. The maximum Gasteiger partial charge on any atom is 0.254 e. The van der Waals surface area contributed by atoms with Crippen LogP contribution in [0.2, 0.25) is 5.02 Å². The van der Waals surface area contributed by atoms with Crippen LogP contribution < -0.4 is 10.5 Å². The highest BCUT2D eigenvalue weighted by Gasteiger charge is 2.29. The van der Waals surface area contributed by atoms with Gasteiger partial charge < -0.3 is 15.4 Å². The number of nitrogens with zero attached hydrogens (tertiary/aromatic N) is 1. The van der Waals surface area contributed by atoms with Crippen LogP contribution in [0.3, 0.4) is 0 Å². The number of carbonyl (C=O) groups is 2. The van der Waals surface area contributed by atoms with Gasteiger partial charge in [0.25, 0.3) is 5.91 Å². The first-order valence-corrected chi connectivity index (χ1v) is 10.6. The molecule has 3 aromatic rings. The van der Waals surface area contributed by atoms with E-state index in [-0.39, 0.29) is 11.9 Å². The minimum Gasteiger partial charge on any atom is -0.457 e. The molecule has 0 aliphatic carbocycles. The summed E-state index contributed by atoms with van der Waals surface area (Å²) < 4.78 is 5.79. The Labute approximate surface area is 186 Å². The average molecular weight is 435 g/mol. The van der Waals surface area contributed by atoms with Crippen LogP contribution in [0.1, 0.15) is 39.1 Å². The number of ether oxygens (including phenoxy) is 1. The van der Waals surface area contributed by atoms with E-state index in [1.807, 2.05) is 29.2 Å². The number of primary amides is 1. The molecule has 0 spiro atoms. The molecule has 1 fully saturated rings. The predicted octanol–water partition coefficient (Wildman–Crippen LogP) is 5.08. The molecular weight excluding hydrogens is 412 g/mol. The van der Waals surface area contributed by atoms with Gasteiger partial charge in [0.15, 0.2) is 0 Å². The molecule has 1 saturated heterocycles. The summed E-state index contributed by atoms with van der Waals surface area (Å²) in [4.78, 5) is 26.2. The lowest BCUT2D eigenvalue weighted by molar-refractivity contribution is 0.0736. The lowest BCUT2D eigenvalue weighted by atomic mass is 10.0. The van der Waals surface area contributed by atoms with Gasteiger partial charge in [0.05, 0.1) is 0 Å². The molecule has 6 heteroatoms. The Morgan fingerprint density at radius 3 is 2.16 bits per heavy atom. The Balaban J connectivity index is 1.42. The summed E-state index contributed by atoms with van der Waals surface area (Å²) in [5.74, 6) is 0.733. The van der Waals surface area contributed by atoms with Gasteiger partial charge in [0, 0.05) is 28.7 Å². The highest BCUT2D eigenvalue weighted by atomic mass is 35.5. The molecule has 1 unspecified atom stereocenters. The Morgan fingerprint density at radius 1 is 0.935 bits per heavy atom. The van der Waals surface area contributed by atoms with Gasteiger partial charge in [-0.1, -0.05) is 29.8 Å². The zero-order valence-electron chi connectivity index (χ0n) is 17.0. The van der Waals surface area contributed by atoms with Crippen LogP contribution in [0, 0.1) is 0 Å². The number of rotatable bonds is 6. The van der Waals surface area contributed by atoms with E-state index in [2.05, 4.69) is 0 Å². The number of nitrogens with two attached hydrogens (primary N) is 1. The predicted molar refractivity (Wildman–Crippen MR) is 121 cm³/mol. The summed E-state index contributed by atoms with van der Waals surface area (Å²) in [6, 6.07) is 21.6. The average Bonchev–Trinajstić information content (AvgIpc) is 3.24. The molecule has 1 heterocycles. The van der Waals surface area contributed by atoms with Gasteiger partial charge >= 0.3 is 0 Å². The van der Waals surface area contributed by atoms with Crippen molar-refractivity contribution in [1.29, 1.82) is 0 Å². The largest absolute Gasteiger partial charge is 0.457 e. The van der Waals surface area contributed by atoms with E-state index in [0.717, 1.165) is 36.4 Å². The van der Waals surface area contributed by atoms with Gasteiger partial charge in [0.1, 0.15) is 11.5 Å². The smallest absolute Gasteiger partial charge is 0.254 e. The number of hydrogen-bond donors (Lipinski definition) is 1. The van der Waals surface area contributed by atoms with Crippen LogP contribution >= 0.6 is 11.6 Å². The standard InChI is InChI=1S/C25H23ClN2O3/c26-23-6-2-1-4-19(23)16-20-5-3-15-28(20)25(30)18-9-13-22(14-10-18)31-21-11-7-17(8-12-21)24(27)29/h1-2,4,6-14,20H,3,5,15-16H2,(H2,27,29). The number of benzene rings is 3. The van der Waals surface area contributed by atoms with Crippen molar-refractivity contribution in [3.63, 3.8) is 0 Å². The molecule has 4 rings (SSSR count).